The van der Waals surface area contributed by atoms with Gasteiger partial charge in [-0.2, -0.15) is 0 Å². The van der Waals surface area contributed by atoms with E-state index >= 15 is 0 Å². The van der Waals surface area contributed by atoms with Crippen LogP contribution in [0.3, 0.4) is 0 Å². The molecule has 2 amide bonds. The molecular formula is C14H23NO4. The van der Waals surface area contributed by atoms with Gasteiger partial charge in [0.2, 0.25) is 11.8 Å². The summed E-state index contributed by atoms with van der Waals surface area (Å²) >= 11 is 0. The van der Waals surface area contributed by atoms with E-state index in [9.17, 15) is 14.4 Å². The standard InChI is InChI=1S/C14H23NO4/c1-5-14(6-2)9-10(16)15(11(14)17)8-7-13(3,4)12(18)19/h5-9H2,1-4H3,(H,18,19). The molecule has 1 N–H and O–H groups in total. The van der Waals surface area contributed by atoms with Crippen LogP contribution in [0.5, 0.6) is 0 Å². The number of nitrogens with zero attached hydrogens (tertiary/aromatic N) is 1. The second kappa shape index (κ2) is 5.31. The van der Waals surface area contributed by atoms with Crippen molar-refractivity contribution >= 4 is 17.8 Å². The zero-order valence-electron chi connectivity index (χ0n) is 12.2. The van der Waals surface area contributed by atoms with Crippen LogP contribution in [0, 0.1) is 10.8 Å². The average molecular weight is 269 g/mol. The summed E-state index contributed by atoms with van der Waals surface area (Å²) in [5.74, 6) is -1.22. The van der Waals surface area contributed by atoms with Crippen LogP contribution in [0.4, 0.5) is 0 Å². The van der Waals surface area contributed by atoms with Crippen LogP contribution in [0.2, 0.25) is 0 Å². The Morgan fingerprint density at radius 3 is 2.21 bits per heavy atom. The maximum absolute atomic E-state index is 12.3. The molecule has 0 bridgehead atoms. The molecule has 0 unspecified atom stereocenters. The van der Waals surface area contributed by atoms with Crippen LogP contribution in [-0.4, -0.2) is 34.3 Å². The minimum Gasteiger partial charge on any atom is -0.481 e. The van der Waals surface area contributed by atoms with Gasteiger partial charge in [-0.25, -0.2) is 0 Å². The van der Waals surface area contributed by atoms with Gasteiger partial charge in [-0.15, -0.1) is 0 Å². The van der Waals surface area contributed by atoms with E-state index in [2.05, 4.69) is 0 Å². The van der Waals surface area contributed by atoms with Gasteiger partial charge in [0.15, 0.2) is 0 Å². The highest BCUT2D eigenvalue weighted by atomic mass is 16.4. The first-order valence-electron chi connectivity index (χ1n) is 6.78. The molecule has 0 spiro atoms. The Morgan fingerprint density at radius 2 is 1.84 bits per heavy atom. The lowest BCUT2D eigenvalue weighted by Crippen LogP contribution is -2.38. The number of amides is 2. The summed E-state index contributed by atoms with van der Waals surface area (Å²) in [5.41, 5.74) is -1.49. The molecule has 1 aliphatic rings. The number of carbonyl (C=O) groups excluding carboxylic acids is 2. The first-order chi connectivity index (χ1) is 8.70. The number of hydrogen-bond acceptors (Lipinski definition) is 3. The van der Waals surface area contributed by atoms with Crippen molar-refractivity contribution in [3.8, 4) is 0 Å². The third-order valence-electron chi connectivity index (χ3n) is 4.38. The molecule has 1 rings (SSSR count). The summed E-state index contributed by atoms with van der Waals surface area (Å²) in [7, 11) is 0. The average Bonchev–Trinajstić information content (AvgIpc) is 2.59. The maximum Gasteiger partial charge on any atom is 0.309 e. The molecule has 5 nitrogen and oxygen atoms in total. The van der Waals surface area contributed by atoms with Crippen molar-refractivity contribution < 1.29 is 19.5 Å². The highest BCUT2D eigenvalue weighted by Crippen LogP contribution is 2.39. The number of likely N-dealkylation sites (tertiary alicyclic amines) is 1. The fourth-order valence-corrected chi connectivity index (χ4v) is 2.39. The first-order valence-corrected chi connectivity index (χ1v) is 6.78. The molecule has 5 heteroatoms. The lowest BCUT2D eigenvalue weighted by Gasteiger charge is -2.25. The Labute approximate surface area is 114 Å². The molecular weight excluding hydrogens is 246 g/mol. The third-order valence-corrected chi connectivity index (χ3v) is 4.38. The van der Waals surface area contributed by atoms with Crippen LogP contribution in [-0.2, 0) is 14.4 Å². The number of carboxylic acid groups (broad SMARTS) is 1. The highest BCUT2D eigenvalue weighted by Gasteiger charge is 2.49. The fraction of sp³-hybridized carbons (Fsp3) is 0.786. The largest absolute Gasteiger partial charge is 0.481 e. The summed E-state index contributed by atoms with van der Waals surface area (Å²) in [4.78, 5) is 36.6. The number of carbonyl (C=O) groups is 3. The van der Waals surface area contributed by atoms with Gasteiger partial charge in [-0.3, -0.25) is 19.3 Å². The molecule has 1 aliphatic heterocycles. The van der Waals surface area contributed by atoms with Gasteiger partial charge in [0.05, 0.1) is 10.8 Å². The number of imide groups is 1. The minimum absolute atomic E-state index is 0.135. The molecule has 1 heterocycles. The van der Waals surface area contributed by atoms with Gasteiger partial charge in [0, 0.05) is 13.0 Å². The fourth-order valence-electron chi connectivity index (χ4n) is 2.39. The number of carboxylic acids is 1. The van der Waals surface area contributed by atoms with Crippen molar-refractivity contribution in [1.82, 2.24) is 4.90 Å². The summed E-state index contributed by atoms with van der Waals surface area (Å²) in [5, 5.41) is 9.05. The Morgan fingerprint density at radius 1 is 1.32 bits per heavy atom. The molecule has 108 valence electrons. The smallest absolute Gasteiger partial charge is 0.309 e. The Kier molecular flexibility index (Phi) is 4.38. The number of rotatable bonds is 6. The van der Waals surface area contributed by atoms with Gasteiger partial charge in [0.1, 0.15) is 0 Å². The zero-order chi connectivity index (χ0) is 14.8. The molecule has 0 atom stereocenters. The lowest BCUT2D eigenvalue weighted by molar-refractivity contribution is -0.150. The van der Waals surface area contributed by atoms with Crippen molar-refractivity contribution in [2.75, 3.05) is 6.54 Å². The molecule has 0 radical (unpaired) electrons. The van der Waals surface area contributed by atoms with Crippen LogP contribution >= 0.6 is 0 Å². The van der Waals surface area contributed by atoms with Gasteiger partial charge in [-0.05, 0) is 33.1 Å². The van der Waals surface area contributed by atoms with Crippen LogP contribution < -0.4 is 0 Å². The van der Waals surface area contributed by atoms with E-state index in [1.54, 1.807) is 13.8 Å². The molecule has 0 aromatic rings. The van der Waals surface area contributed by atoms with Crippen molar-refractivity contribution in [2.45, 2.75) is 53.4 Å². The zero-order valence-corrected chi connectivity index (χ0v) is 12.2. The maximum atomic E-state index is 12.3. The van der Waals surface area contributed by atoms with E-state index in [0.717, 1.165) is 0 Å². The van der Waals surface area contributed by atoms with Crippen molar-refractivity contribution in [2.24, 2.45) is 10.8 Å². The summed E-state index contributed by atoms with van der Waals surface area (Å²) < 4.78 is 0. The third kappa shape index (κ3) is 2.80. The second-order valence-electron chi connectivity index (χ2n) is 5.95. The number of aliphatic carboxylic acids is 1. The monoisotopic (exact) mass is 269 g/mol. The summed E-state index contributed by atoms with van der Waals surface area (Å²) in [6.45, 7) is 7.23. The van der Waals surface area contributed by atoms with Crippen LogP contribution in [0.1, 0.15) is 53.4 Å². The van der Waals surface area contributed by atoms with E-state index in [0.29, 0.717) is 12.8 Å². The van der Waals surface area contributed by atoms with Crippen molar-refractivity contribution in [3.05, 3.63) is 0 Å². The SMILES string of the molecule is CCC1(CC)CC(=O)N(CCC(C)(C)C(=O)O)C1=O. The molecule has 1 saturated heterocycles. The Bertz CT molecular complexity index is 396. The van der Waals surface area contributed by atoms with Crippen LogP contribution in [0.25, 0.3) is 0 Å². The molecule has 0 aromatic heterocycles. The number of hydrogen-bond donors (Lipinski definition) is 1. The van der Waals surface area contributed by atoms with Crippen molar-refractivity contribution in [3.63, 3.8) is 0 Å². The van der Waals surface area contributed by atoms with E-state index in [1.165, 1.54) is 4.90 Å². The Hall–Kier alpha value is -1.39. The van der Waals surface area contributed by atoms with Gasteiger partial charge in [0.25, 0.3) is 0 Å². The van der Waals surface area contributed by atoms with E-state index in [1.807, 2.05) is 13.8 Å². The van der Waals surface area contributed by atoms with Crippen LogP contribution in [0.15, 0.2) is 0 Å². The predicted octanol–water partition coefficient (Wildman–Crippen LogP) is 2.05. The minimum atomic E-state index is -0.926. The summed E-state index contributed by atoms with van der Waals surface area (Å²) in [6, 6.07) is 0. The quantitative estimate of drug-likeness (QED) is 0.749. The van der Waals surface area contributed by atoms with Crippen molar-refractivity contribution in [1.29, 1.82) is 0 Å². The highest BCUT2D eigenvalue weighted by molar-refractivity contribution is 6.05. The predicted molar refractivity (Wildman–Crippen MR) is 70.4 cm³/mol. The van der Waals surface area contributed by atoms with E-state index in [-0.39, 0.29) is 31.2 Å². The normalized spacial score (nSPS) is 19.1. The molecule has 1 fully saturated rings. The summed E-state index contributed by atoms with van der Waals surface area (Å²) in [6.07, 6.45) is 1.83. The van der Waals surface area contributed by atoms with Gasteiger partial charge < -0.3 is 5.11 Å². The molecule has 0 aliphatic carbocycles. The Balaban J connectivity index is 2.78. The first kappa shape index (κ1) is 15.7. The molecule has 0 aromatic carbocycles. The van der Waals surface area contributed by atoms with Gasteiger partial charge >= 0.3 is 5.97 Å². The molecule has 19 heavy (non-hydrogen) atoms. The van der Waals surface area contributed by atoms with Gasteiger partial charge in [-0.1, -0.05) is 13.8 Å². The molecule has 0 saturated carbocycles. The lowest BCUT2D eigenvalue weighted by atomic mass is 9.81. The topological polar surface area (TPSA) is 74.7 Å². The van der Waals surface area contributed by atoms with E-state index in [4.69, 9.17) is 5.11 Å². The van der Waals surface area contributed by atoms with E-state index < -0.39 is 16.8 Å². The second-order valence-corrected chi connectivity index (χ2v) is 5.95.